The first kappa shape index (κ1) is 14.1. The molecule has 0 aliphatic carbocycles. The van der Waals surface area contributed by atoms with Gasteiger partial charge < -0.3 is 10.2 Å². The fourth-order valence-electron chi connectivity index (χ4n) is 2.51. The molecule has 0 radical (unpaired) electrons. The molecular weight excluding hydrogens is 280 g/mol. The van der Waals surface area contributed by atoms with E-state index >= 15 is 0 Å². The number of aromatic nitrogens is 2. The van der Waals surface area contributed by atoms with E-state index in [9.17, 15) is 15.0 Å². The highest BCUT2D eigenvalue weighted by molar-refractivity contribution is 5.77. The molecule has 3 rings (SSSR count). The van der Waals surface area contributed by atoms with Crippen molar-refractivity contribution in [3.63, 3.8) is 0 Å². The summed E-state index contributed by atoms with van der Waals surface area (Å²) in [6.45, 7) is 2.27. The lowest BCUT2D eigenvalue weighted by Crippen LogP contribution is -2.24. The zero-order chi connectivity index (χ0) is 15.7. The van der Waals surface area contributed by atoms with Gasteiger partial charge in [0.15, 0.2) is 11.5 Å². The Morgan fingerprint density at radius 3 is 2.64 bits per heavy atom. The Morgan fingerprint density at radius 2 is 1.86 bits per heavy atom. The van der Waals surface area contributed by atoms with Gasteiger partial charge in [0.05, 0.1) is 10.9 Å². The first-order valence-corrected chi connectivity index (χ1v) is 7.03. The molecule has 0 saturated heterocycles. The SMILES string of the molecule is Cc1nc2ccccc2c(=O)n1CCc1ccc(O)c(O)c1. The number of aryl methyl sites for hydroxylation is 2. The molecule has 0 atom stereocenters. The minimum Gasteiger partial charge on any atom is -0.504 e. The lowest BCUT2D eigenvalue weighted by Gasteiger charge is -2.11. The van der Waals surface area contributed by atoms with Crippen LogP contribution in [0.5, 0.6) is 11.5 Å². The Hall–Kier alpha value is -2.82. The van der Waals surface area contributed by atoms with E-state index in [1.807, 2.05) is 25.1 Å². The normalized spacial score (nSPS) is 11.0. The number of para-hydroxylation sites is 1. The van der Waals surface area contributed by atoms with E-state index in [4.69, 9.17) is 0 Å². The van der Waals surface area contributed by atoms with Gasteiger partial charge >= 0.3 is 0 Å². The molecule has 1 heterocycles. The van der Waals surface area contributed by atoms with Gasteiger partial charge in [0.25, 0.3) is 5.56 Å². The Balaban J connectivity index is 1.93. The standard InChI is InChI=1S/C17H16N2O3/c1-11-18-14-5-3-2-4-13(14)17(22)19(11)9-8-12-6-7-15(20)16(21)10-12/h2-7,10,20-21H,8-9H2,1H3. The Morgan fingerprint density at radius 1 is 1.09 bits per heavy atom. The van der Waals surface area contributed by atoms with E-state index < -0.39 is 0 Å². The van der Waals surface area contributed by atoms with Crippen LogP contribution in [0.3, 0.4) is 0 Å². The number of benzene rings is 2. The topological polar surface area (TPSA) is 75.4 Å². The molecule has 0 fully saturated rings. The number of aromatic hydroxyl groups is 2. The second kappa shape index (κ2) is 5.52. The van der Waals surface area contributed by atoms with E-state index in [0.29, 0.717) is 29.7 Å². The molecular formula is C17H16N2O3. The second-order valence-electron chi connectivity index (χ2n) is 5.21. The van der Waals surface area contributed by atoms with Crippen LogP contribution in [0.1, 0.15) is 11.4 Å². The van der Waals surface area contributed by atoms with Gasteiger partial charge in [-0.2, -0.15) is 0 Å². The van der Waals surface area contributed by atoms with Gasteiger partial charge in [-0.15, -0.1) is 0 Å². The smallest absolute Gasteiger partial charge is 0.261 e. The number of fused-ring (bicyclic) bond motifs is 1. The van der Waals surface area contributed by atoms with Gasteiger partial charge in [-0.1, -0.05) is 18.2 Å². The summed E-state index contributed by atoms with van der Waals surface area (Å²) in [5.74, 6) is 0.356. The molecule has 5 heteroatoms. The van der Waals surface area contributed by atoms with Crippen LogP contribution in [-0.4, -0.2) is 19.8 Å². The van der Waals surface area contributed by atoms with Crippen molar-refractivity contribution in [1.82, 2.24) is 9.55 Å². The van der Waals surface area contributed by atoms with E-state index in [1.54, 1.807) is 16.7 Å². The summed E-state index contributed by atoms with van der Waals surface area (Å²) in [4.78, 5) is 17.0. The summed E-state index contributed by atoms with van der Waals surface area (Å²) in [5, 5.41) is 19.4. The van der Waals surface area contributed by atoms with Crippen molar-refractivity contribution < 1.29 is 10.2 Å². The average Bonchev–Trinajstić information content (AvgIpc) is 2.50. The molecule has 0 aliphatic rings. The van der Waals surface area contributed by atoms with Crippen LogP contribution in [0.15, 0.2) is 47.3 Å². The van der Waals surface area contributed by atoms with Gasteiger partial charge in [0.2, 0.25) is 0 Å². The van der Waals surface area contributed by atoms with Crippen LogP contribution in [0.25, 0.3) is 10.9 Å². The quantitative estimate of drug-likeness (QED) is 0.728. The summed E-state index contributed by atoms with van der Waals surface area (Å²) in [6, 6.07) is 12.0. The van der Waals surface area contributed by atoms with Crippen LogP contribution >= 0.6 is 0 Å². The Kier molecular flexibility index (Phi) is 3.55. The molecule has 0 aliphatic heterocycles. The predicted octanol–water partition coefficient (Wildman–Crippen LogP) is 2.36. The maximum absolute atomic E-state index is 12.5. The summed E-state index contributed by atoms with van der Waals surface area (Å²) in [7, 11) is 0. The minimum atomic E-state index is -0.154. The molecule has 2 N–H and O–H groups in total. The van der Waals surface area contributed by atoms with Crippen LogP contribution in [0.2, 0.25) is 0 Å². The highest BCUT2D eigenvalue weighted by Crippen LogP contribution is 2.25. The van der Waals surface area contributed by atoms with Gasteiger partial charge in [0.1, 0.15) is 5.82 Å². The van der Waals surface area contributed by atoms with Crippen LogP contribution in [0, 0.1) is 6.92 Å². The number of hydrogen-bond donors (Lipinski definition) is 2. The average molecular weight is 296 g/mol. The Labute approximate surface area is 127 Å². The third-order valence-corrected chi connectivity index (χ3v) is 3.72. The highest BCUT2D eigenvalue weighted by atomic mass is 16.3. The molecule has 2 aromatic carbocycles. The Bertz CT molecular complexity index is 900. The van der Waals surface area contributed by atoms with E-state index in [-0.39, 0.29) is 17.1 Å². The molecule has 0 bridgehead atoms. The monoisotopic (exact) mass is 296 g/mol. The third kappa shape index (κ3) is 2.53. The fourth-order valence-corrected chi connectivity index (χ4v) is 2.51. The van der Waals surface area contributed by atoms with Crippen molar-refractivity contribution in [3.8, 4) is 11.5 Å². The first-order valence-electron chi connectivity index (χ1n) is 7.03. The third-order valence-electron chi connectivity index (χ3n) is 3.72. The molecule has 5 nitrogen and oxygen atoms in total. The van der Waals surface area contributed by atoms with Crippen molar-refractivity contribution in [2.45, 2.75) is 19.9 Å². The van der Waals surface area contributed by atoms with Crippen molar-refractivity contribution in [2.24, 2.45) is 0 Å². The molecule has 0 saturated carbocycles. The van der Waals surface area contributed by atoms with E-state index in [2.05, 4.69) is 4.98 Å². The van der Waals surface area contributed by atoms with Crippen LogP contribution in [-0.2, 0) is 13.0 Å². The molecule has 1 aromatic heterocycles. The zero-order valence-corrected chi connectivity index (χ0v) is 12.2. The van der Waals surface area contributed by atoms with E-state index in [1.165, 1.54) is 12.1 Å². The maximum Gasteiger partial charge on any atom is 0.261 e. The van der Waals surface area contributed by atoms with Crippen LogP contribution in [0.4, 0.5) is 0 Å². The van der Waals surface area contributed by atoms with Crippen molar-refractivity contribution in [3.05, 3.63) is 64.2 Å². The minimum absolute atomic E-state index is 0.0638. The second-order valence-corrected chi connectivity index (χ2v) is 5.21. The molecule has 0 amide bonds. The highest BCUT2D eigenvalue weighted by Gasteiger charge is 2.08. The lowest BCUT2D eigenvalue weighted by atomic mass is 10.1. The van der Waals surface area contributed by atoms with Gasteiger partial charge in [-0.05, 0) is 43.2 Å². The summed E-state index contributed by atoms with van der Waals surface area (Å²) < 4.78 is 1.63. The molecule has 3 aromatic rings. The summed E-state index contributed by atoms with van der Waals surface area (Å²) in [5.41, 5.74) is 1.48. The van der Waals surface area contributed by atoms with Crippen molar-refractivity contribution >= 4 is 10.9 Å². The molecule has 112 valence electrons. The number of phenolic OH excluding ortho intramolecular Hbond substituents is 2. The maximum atomic E-state index is 12.5. The van der Waals surface area contributed by atoms with Gasteiger partial charge in [0, 0.05) is 6.54 Å². The van der Waals surface area contributed by atoms with Crippen LogP contribution < -0.4 is 5.56 Å². The predicted molar refractivity (Wildman–Crippen MR) is 84.2 cm³/mol. The largest absolute Gasteiger partial charge is 0.504 e. The number of phenols is 2. The molecule has 0 spiro atoms. The van der Waals surface area contributed by atoms with Gasteiger partial charge in [-0.25, -0.2) is 4.98 Å². The fraction of sp³-hybridized carbons (Fsp3) is 0.176. The number of rotatable bonds is 3. The summed E-state index contributed by atoms with van der Waals surface area (Å²) in [6.07, 6.45) is 0.564. The first-order chi connectivity index (χ1) is 10.6. The number of nitrogens with zero attached hydrogens (tertiary/aromatic N) is 2. The van der Waals surface area contributed by atoms with Crippen molar-refractivity contribution in [2.75, 3.05) is 0 Å². The molecule has 22 heavy (non-hydrogen) atoms. The summed E-state index contributed by atoms with van der Waals surface area (Å²) >= 11 is 0. The van der Waals surface area contributed by atoms with E-state index in [0.717, 1.165) is 5.56 Å². The van der Waals surface area contributed by atoms with Crippen molar-refractivity contribution in [1.29, 1.82) is 0 Å². The number of hydrogen-bond acceptors (Lipinski definition) is 4. The lowest BCUT2D eigenvalue weighted by molar-refractivity contribution is 0.403. The van der Waals surface area contributed by atoms with Gasteiger partial charge in [-0.3, -0.25) is 9.36 Å². The zero-order valence-electron chi connectivity index (χ0n) is 12.2. The molecule has 0 unspecified atom stereocenters.